The number of carboxylic acids is 3. The summed E-state index contributed by atoms with van der Waals surface area (Å²) in [5, 5.41) is 26.6. The minimum Gasteiger partial charge on any atom is -0.481 e. The molecule has 0 aliphatic rings. The van der Waals surface area contributed by atoms with Crippen molar-refractivity contribution in [1.82, 2.24) is 0 Å². The van der Waals surface area contributed by atoms with E-state index in [1.165, 1.54) is 24.3 Å². The van der Waals surface area contributed by atoms with Crippen LogP contribution < -0.4 is 0 Å². The number of phosphoric acid groups is 1. The second kappa shape index (κ2) is 7.88. The van der Waals surface area contributed by atoms with Gasteiger partial charge >= 0.3 is 31.7 Å². The molecule has 0 aliphatic heterocycles. The lowest BCUT2D eigenvalue weighted by atomic mass is 9.96. The Bertz CT molecular complexity index is 711. The van der Waals surface area contributed by atoms with Crippen molar-refractivity contribution >= 4 is 31.7 Å². The monoisotopic (exact) mass is 376 g/mol. The molecule has 1 aromatic carbocycles. The number of hydrogen-bond acceptors (Lipinski definition) is 7. The standard InChI is InChI=1S/C13H13O11P/c14-9(15)6-13(12(19)20,7-10(16)17)24-25(21,22)23-11(18)8-4-2-1-3-5-8/h1-5H,6-7H2,(H,14,15)(H,16,17)(H,19,20)(H,21,22). The van der Waals surface area contributed by atoms with Gasteiger partial charge in [-0.2, -0.15) is 0 Å². The summed E-state index contributed by atoms with van der Waals surface area (Å²) in [4.78, 5) is 54.3. The zero-order valence-corrected chi connectivity index (χ0v) is 13.3. The zero-order chi connectivity index (χ0) is 19.3. The van der Waals surface area contributed by atoms with Crippen molar-refractivity contribution in [3.8, 4) is 0 Å². The molecule has 0 saturated carbocycles. The first kappa shape index (κ1) is 20.3. The molecule has 12 heteroatoms. The van der Waals surface area contributed by atoms with E-state index in [2.05, 4.69) is 9.05 Å². The van der Waals surface area contributed by atoms with Crippen molar-refractivity contribution in [1.29, 1.82) is 0 Å². The highest BCUT2D eigenvalue weighted by Crippen LogP contribution is 2.50. The largest absolute Gasteiger partial charge is 0.531 e. The summed E-state index contributed by atoms with van der Waals surface area (Å²) in [6, 6.07) is 6.82. The van der Waals surface area contributed by atoms with Gasteiger partial charge in [0.05, 0.1) is 18.4 Å². The molecular weight excluding hydrogens is 363 g/mol. The van der Waals surface area contributed by atoms with Crippen LogP contribution in [0.1, 0.15) is 23.2 Å². The molecule has 0 heterocycles. The topological polar surface area (TPSA) is 185 Å². The van der Waals surface area contributed by atoms with Crippen LogP contribution in [0.2, 0.25) is 0 Å². The van der Waals surface area contributed by atoms with Crippen molar-refractivity contribution in [2.45, 2.75) is 18.4 Å². The summed E-state index contributed by atoms with van der Waals surface area (Å²) < 4.78 is 20.4. The Morgan fingerprint density at radius 3 is 1.84 bits per heavy atom. The predicted molar refractivity (Wildman–Crippen MR) is 77.6 cm³/mol. The highest BCUT2D eigenvalue weighted by atomic mass is 31.2. The second-order valence-corrected chi connectivity index (χ2v) is 6.05. The average molecular weight is 376 g/mol. The van der Waals surface area contributed by atoms with Crippen LogP contribution in [-0.2, 0) is 28.0 Å². The lowest BCUT2D eigenvalue weighted by molar-refractivity contribution is -0.168. The second-order valence-electron chi connectivity index (χ2n) is 4.75. The van der Waals surface area contributed by atoms with Gasteiger partial charge in [0.2, 0.25) is 0 Å². The summed E-state index contributed by atoms with van der Waals surface area (Å²) in [7, 11) is -5.46. The van der Waals surface area contributed by atoms with Crippen LogP contribution in [0, 0.1) is 0 Å². The minimum atomic E-state index is -5.46. The number of carbonyl (C=O) groups excluding carboxylic acids is 1. The van der Waals surface area contributed by atoms with Gasteiger partial charge in [-0.15, -0.1) is 0 Å². The van der Waals surface area contributed by atoms with Crippen molar-refractivity contribution in [2.24, 2.45) is 0 Å². The summed E-state index contributed by atoms with van der Waals surface area (Å²) in [5.74, 6) is -7.09. The number of phosphoric ester groups is 1. The van der Waals surface area contributed by atoms with Crippen molar-refractivity contribution < 1.29 is 53.0 Å². The van der Waals surface area contributed by atoms with Crippen LogP contribution in [0.3, 0.4) is 0 Å². The van der Waals surface area contributed by atoms with Gasteiger partial charge < -0.3 is 19.8 Å². The molecule has 0 aliphatic carbocycles. The third-order valence-electron chi connectivity index (χ3n) is 2.76. The number of rotatable bonds is 9. The fraction of sp³-hybridized carbons (Fsp3) is 0.231. The van der Waals surface area contributed by atoms with E-state index in [9.17, 15) is 28.6 Å². The molecule has 1 atom stereocenters. The highest BCUT2D eigenvalue weighted by molar-refractivity contribution is 7.48. The van der Waals surface area contributed by atoms with Crippen molar-refractivity contribution in [3.63, 3.8) is 0 Å². The van der Waals surface area contributed by atoms with E-state index >= 15 is 0 Å². The molecule has 0 fully saturated rings. The smallest absolute Gasteiger partial charge is 0.481 e. The summed E-state index contributed by atoms with van der Waals surface area (Å²) in [6.07, 6.45) is -2.91. The van der Waals surface area contributed by atoms with Crippen LogP contribution in [0.4, 0.5) is 0 Å². The first-order chi connectivity index (χ1) is 11.5. The minimum absolute atomic E-state index is 0.169. The molecule has 25 heavy (non-hydrogen) atoms. The van der Waals surface area contributed by atoms with Gasteiger partial charge in [0.25, 0.3) is 0 Å². The van der Waals surface area contributed by atoms with Crippen LogP contribution in [-0.4, -0.2) is 49.7 Å². The van der Waals surface area contributed by atoms with E-state index in [0.29, 0.717) is 0 Å². The maximum absolute atomic E-state index is 11.9. The lowest BCUT2D eigenvalue weighted by Gasteiger charge is -2.27. The summed E-state index contributed by atoms with van der Waals surface area (Å²) in [5.41, 5.74) is -3.28. The van der Waals surface area contributed by atoms with Gasteiger partial charge in [-0.25, -0.2) is 14.2 Å². The molecule has 1 rings (SSSR count). The van der Waals surface area contributed by atoms with E-state index in [1.807, 2.05) is 0 Å². The third kappa shape index (κ3) is 5.99. The third-order valence-corrected chi connectivity index (χ3v) is 3.74. The van der Waals surface area contributed by atoms with Gasteiger partial charge in [0.1, 0.15) is 0 Å². The van der Waals surface area contributed by atoms with Crippen LogP contribution in [0.15, 0.2) is 30.3 Å². The molecule has 0 amide bonds. The van der Waals surface area contributed by atoms with Gasteiger partial charge in [-0.3, -0.25) is 19.0 Å². The van der Waals surface area contributed by atoms with E-state index in [1.54, 1.807) is 6.07 Å². The van der Waals surface area contributed by atoms with Crippen LogP contribution in [0.5, 0.6) is 0 Å². The molecule has 0 aromatic heterocycles. The first-order valence-electron chi connectivity index (χ1n) is 6.47. The van der Waals surface area contributed by atoms with E-state index < -0.39 is 50.1 Å². The summed E-state index contributed by atoms with van der Waals surface area (Å²) >= 11 is 0. The van der Waals surface area contributed by atoms with Gasteiger partial charge in [-0.05, 0) is 12.1 Å². The van der Waals surface area contributed by atoms with Gasteiger partial charge in [0.15, 0.2) is 5.60 Å². The SMILES string of the molecule is O=C(O)CC(CC(=O)O)(OP(=O)(O)OC(=O)c1ccccc1)C(=O)O. The molecule has 0 bridgehead atoms. The normalized spacial score (nSPS) is 13.5. The number of benzene rings is 1. The Hall–Kier alpha value is -2.75. The number of carboxylic acid groups (broad SMARTS) is 3. The Kier molecular flexibility index (Phi) is 6.40. The highest BCUT2D eigenvalue weighted by Gasteiger charge is 2.51. The Morgan fingerprint density at radius 2 is 1.44 bits per heavy atom. The molecule has 1 unspecified atom stereocenters. The molecule has 4 N–H and O–H groups in total. The Balaban J connectivity index is 3.09. The first-order valence-corrected chi connectivity index (χ1v) is 7.96. The Labute approximate surface area is 140 Å². The number of hydrogen-bond donors (Lipinski definition) is 4. The Morgan fingerprint density at radius 1 is 0.960 bits per heavy atom. The van der Waals surface area contributed by atoms with Crippen LogP contribution >= 0.6 is 7.82 Å². The molecule has 1 aromatic rings. The average Bonchev–Trinajstić information content (AvgIpc) is 2.45. The molecule has 136 valence electrons. The number of carbonyl (C=O) groups is 4. The molecule has 0 radical (unpaired) electrons. The zero-order valence-electron chi connectivity index (χ0n) is 12.4. The predicted octanol–water partition coefficient (Wildman–Crippen LogP) is 0.733. The maximum atomic E-state index is 11.9. The lowest BCUT2D eigenvalue weighted by Crippen LogP contribution is -2.45. The molecule has 0 saturated heterocycles. The summed E-state index contributed by atoms with van der Waals surface area (Å²) in [6.45, 7) is 0. The van der Waals surface area contributed by atoms with Gasteiger partial charge in [-0.1, -0.05) is 18.2 Å². The van der Waals surface area contributed by atoms with E-state index in [4.69, 9.17) is 15.3 Å². The quantitative estimate of drug-likeness (QED) is 0.445. The van der Waals surface area contributed by atoms with E-state index in [0.717, 1.165) is 0 Å². The molecular formula is C13H13O11P. The van der Waals surface area contributed by atoms with E-state index in [-0.39, 0.29) is 5.56 Å². The van der Waals surface area contributed by atoms with Crippen molar-refractivity contribution in [2.75, 3.05) is 0 Å². The molecule has 0 spiro atoms. The van der Waals surface area contributed by atoms with Crippen molar-refractivity contribution in [3.05, 3.63) is 35.9 Å². The van der Waals surface area contributed by atoms with Gasteiger partial charge in [0, 0.05) is 0 Å². The maximum Gasteiger partial charge on any atom is 0.531 e. The fourth-order valence-corrected chi connectivity index (χ4v) is 2.78. The number of aliphatic carboxylic acids is 3. The fourth-order valence-electron chi connectivity index (χ4n) is 1.78. The molecule has 11 nitrogen and oxygen atoms in total. The van der Waals surface area contributed by atoms with Crippen LogP contribution in [0.25, 0.3) is 0 Å².